The zero-order valence-corrected chi connectivity index (χ0v) is 16.7. The molecule has 0 aromatic carbocycles. The van der Waals surface area contributed by atoms with Crippen molar-refractivity contribution in [1.29, 1.82) is 0 Å². The normalized spacial score (nSPS) is 16.9. The van der Waals surface area contributed by atoms with Crippen LogP contribution < -0.4 is 5.32 Å². The van der Waals surface area contributed by atoms with Gasteiger partial charge in [-0.1, -0.05) is 13.8 Å². The maximum Gasteiger partial charge on any atom is 0.126 e. The number of imidazole rings is 1. The topological polar surface area (TPSA) is 56.9 Å². The average Bonchev–Trinajstić information content (AvgIpc) is 3.26. The van der Waals surface area contributed by atoms with Crippen molar-refractivity contribution in [2.24, 2.45) is 13.0 Å². The molecule has 2 aromatic heterocycles. The molecule has 144 valence electrons. The predicted molar refractivity (Wildman–Crippen MR) is 103 cm³/mol. The van der Waals surface area contributed by atoms with Gasteiger partial charge in [0.2, 0.25) is 0 Å². The molecule has 6 heteroatoms. The van der Waals surface area contributed by atoms with E-state index in [0.29, 0.717) is 5.92 Å². The molecule has 1 aliphatic rings. The lowest BCUT2D eigenvalue weighted by Gasteiger charge is -2.31. The zero-order chi connectivity index (χ0) is 18.5. The smallest absolute Gasteiger partial charge is 0.126 e. The van der Waals surface area contributed by atoms with Crippen molar-refractivity contribution in [2.45, 2.75) is 65.6 Å². The molecule has 1 saturated heterocycles. The Morgan fingerprint density at radius 1 is 1.23 bits per heavy atom. The highest BCUT2D eigenvalue weighted by Gasteiger charge is 2.29. The minimum Gasteiger partial charge on any atom is -0.381 e. The molecule has 1 aliphatic heterocycles. The minimum absolute atomic E-state index is 0.253. The highest BCUT2D eigenvalue weighted by molar-refractivity contribution is 5.27. The van der Waals surface area contributed by atoms with Crippen molar-refractivity contribution in [3.05, 3.63) is 35.2 Å². The molecule has 26 heavy (non-hydrogen) atoms. The van der Waals surface area contributed by atoms with Gasteiger partial charge in [-0.3, -0.25) is 4.68 Å². The third kappa shape index (κ3) is 3.86. The molecule has 0 amide bonds. The number of aromatic nitrogens is 4. The van der Waals surface area contributed by atoms with Crippen LogP contribution in [0.4, 0.5) is 0 Å². The van der Waals surface area contributed by atoms with E-state index in [-0.39, 0.29) is 6.04 Å². The Balaban J connectivity index is 1.85. The number of nitrogens with zero attached hydrogens (tertiary/aromatic N) is 4. The molecule has 0 radical (unpaired) electrons. The SMILES string of the molecule is CCc1nn(C)c(CC)c1CN[C@H](c1nccn1CC)C1CCOCC1. The predicted octanol–water partition coefficient (Wildman–Crippen LogP) is 3.02. The fourth-order valence-corrected chi connectivity index (χ4v) is 4.19. The van der Waals surface area contributed by atoms with Crippen molar-refractivity contribution in [3.63, 3.8) is 0 Å². The first-order valence-corrected chi connectivity index (χ1v) is 10.0. The van der Waals surface area contributed by atoms with Crippen molar-refractivity contribution in [1.82, 2.24) is 24.6 Å². The second kappa shape index (κ2) is 8.82. The van der Waals surface area contributed by atoms with Crippen LogP contribution in [-0.2, 0) is 37.7 Å². The summed E-state index contributed by atoms with van der Waals surface area (Å²) in [4.78, 5) is 4.70. The van der Waals surface area contributed by atoms with Crippen LogP contribution in [0.25, 0.3) is 0 Å². The molecular weight excluding hydrogens is 326 g/mol. The lowest BCUT2D eigenvalue weighted by Crippen LogP contribution is -2.34. The second-order valence-electron chi connectivity index (χ2n) is 7.08. The van der Waals surface area contributed by atoms with E-state index >= 15 is 0 Å². The Kier molecular flexibility index (Phi) is 6.48. The Labute approximate surface area is 157 Å². The molecule has 1 atom stereocenters. The number of nitrogens with one attached hydrogen (secondary N) is 1. The maximum absolute atomic E-state index is 5.59. The maximum atomic E-state index is 5.59. The molecular formula is C20H33N5O. The van der Waals surface area contributed by atoms with Crippen molar-refractivity contribution in [3.8, 4) is 0 Å². The summed E-state index contributed by atoms with van der Waals surface area (Å²) in [5, 5.41) is 8.58. The summed E-state index contributed by atoms with van der Waals surface area (Å²) in [6.07, 6.45) is 8.15. The summed E-state index contributed by atoms with van der Waals surface area (Å²) < 4.78 is 9.90. The van der Waals surface area contributed by atoms with Gasteiger partial charge in [0.05, 0.1) is 11.7 Å². The third-order valence-corrected chi connectivity index (χ3v) is 5.63. The van der Waals surface area contributed by atoms with Gasteiger partial charge >= 0.3 is 0 Å². The average molecular weight is 360 g/mol. The number of hydrogen-bond donors (Lipinski definition) is 1. The molecule has 3 heterocycles. The molecule has 0 saturated carbocycles. The molecule has 0 spiro atoms. The van der Waals surface area contributed by atoms with E-state index in [1.807, 2.05) is 10.9 Å². The largest absolute Gasteiger partial charge is 0.381 e. The Morgan fingerprint density at radius 3 is 2.65 bits per heavy atom. The van der Waals surface area contributed by atoms with Gasteiger partial charge in [-0.15, -0.1) is 0 Å². The summed E-state index contributed by atoms with van der Waals surface area (Å²) in [6.45, 7) is 10.1. The van der Waals surface area contributed by atoms with E-state index in [2.05, 4.69) is 43.9 Å². The lowest BCUT2D eigenvalue weighted by atomic mass is 9.90. The third-order valence-electron chi connectivity index (χ3n) is 5.63. The van der Waals surface area contributed by atoms with E-state index in [9.17, 15) is 0 Å². The summed E-state index contributed by atoms with van der Waals surface area (Å²) in [7, 11) is 2.06. The van der Waals surface area contributed by atoms with Crippen LogP contribution in [0, 0.1) is 5.92 Å². The molecule has 0 unspecified atom stereocenters. The molecule has 6 nitrogen and oxygen atoms in total. The van der Waals surface area contributed by atoms with E-state index < -0.39 is 0 Å². The monoisotopic (exact) mass is 359 g/mol. The molecule has 1 N–H and O–H groups in total. The van der Waals surface area contributed by atoms with Crippen LogP contribution in [0.5, 0.6) is 0 Å². The first-order valence-electron chi connectivity index (χ1n) is 10.0. The van der Waals surface area contributed by atoms with Gasteiger partial charge in [0.1, 0.15) is 5.82 Å². The summed E-state index contributed by atoms with van der Waals surface area (Å²) >= 11 is 0. The highest BCUT2D eigenvalue weighted by Crippen LogP contribution is 2.30. The molecule has 3 rings (SSSR count). The van der Waals surface area contributed by atoms with Gasteiger partial charge in [0.25, 0.3) is 0 Å². The summed E-state index contributed by atoms with van der Waals surface area (Å²) in [6, 6.07) is 0.253. The van der Waals surface area contributed by atoms with E-state index in [1.165, 1.54) is 17.0 Å². The van der Waals surface area contributed by atoms with E-state index in [0.717, 1.165) is 57.8 Å². The second-order valence-corrected chi connectivity index (χ2v) is 7.08. The first kappa shape index (κ1) is 19.1. The van der Waals surface area contributed by atoms with Gasteiger partial charge in [-0.2, -0.15) is 5.10 Å². The quantitative estimate of drug-likeness (QED) is 0.787. The zero-order valence-electron chi connectivity index (χ0n) is 16.7. The lowest BCUT2D eigenvalue weighted by molar-refractivity contribution is 0.0517. The van der Waals surface area contributed by atoms with Crippen LogP contribution in [0.1, 0.15) is 62.4 Å². The fourth-order valence-electron chi connectivity index (χ4n) is 4.19. The van der Waals surface area contributed by atoms with Crippen LogP contribution in [0.15, 0.2) is 12.4 Å². The number of aryl methyl sites for hydroxylation is 3. The van der Waals surface area contributed by atoms with Gasteiger partial charge in [-0.05, 0) is 38.5 Å². The van der Waals surface area contributed by atoms with Crippen LogP contribution in [0.3, 0.4) is 0 Å². The summed E-state index contributed by atoms with van der Waals surface area (Å²) in [5.74, 6) is 1.71. The first-order chi connectivity index (χ1) is 12.7. The van der Waals surface area contributed by atoms with Crippen molar-refractivity contribution in [2.75, 3.05) is 13.2 Å². The van der Waals surface area contributed by atoms with Crippen molar-refractivity contribution >= 4 is 0 Å². The fraction of sp³-hybridized carbons (Fsp3) is 0.700. The number of ether oxygens (including phenoxy) is 1. The van der Waals surface area contributed by atoms with Crippen LogP contribution in [0.2, 0.25) is 0 Å². The number of hydrogen-bond acceptors (Lipinski definition) is 4. The molecule has 2 aromatic rings. The van der Waals surface area contributed by atoms with E-state index in [1.54, 1.807) is 0 Å². The standard InChI is InChI=1S/C20H33N5O/c1-5-17-16(18(6-2)24(4)23-17)14-22-19(15-8-12-26-13-9-15)20-21-10-11-25(20)7-3/h10-11,15,19,22H,5-9,12-14H2,1-4H3/t19-/m0/s1. The van der Waals surface area contributed by atoms with Gasteiger partial charge in [-0.25, -0.2) is 4.98 Å². The van der Waals surface area contributed by atoms with Crippen molar-refractivity contribution < 1.29 is 4.74 Å². The highest BCUT2D eigenvalue weighted by atomic mass is 16.5. The molecule has 0 aliphatic carbocycles. The van der Waals surface area contributed by atoms with Crippen LogP contribution >= 0.6 is 0 Å². The number of rotatable bonds is 8. The summed E-state index contributed by atoms with van der Waals surface area (Å²) in [5.41, 5.74) is 3.91. The Hall–Kier alpha value is -1.66. The van der Waals surface area contributed by atoms with Gasteiger partial charge in [0.15, 0.2) is 0 Å². The van der Waals surface area contributed by atoms with E-state index in [4.69, 9.17) is 14.8 Å². The van der Waals surface area contributed by atoms with Gasteiger partial charge in [0, 0.05) is 57.0 Å². The molecule has 1 fully saturated rings. The molecule has 0 bridgehead atoms. The Bertz CT molecular complexity index is 699. The van der Waals surface area contributed by atoms with Gasteiger partial charge < -0.3 is 14.6 Å². The minimum atomic E-state index is 0.253. The Morgan fingerprint density at radius 2 is 2.00 bits per heavy atom. The van der Waals surface area contributed by atoms with Crippen LogP contribution in [-0.4, -0.2) is 32.5 Å².